The van der Waals surface area contributed by atoms with Crippen LogP contribution < -0.4 is 26.2 Å². The van der Waals surface area contributed by atoms with Gasteiger partial charge < -0.3 is 31.3 Å². The molecule has 0 unspecified atom stereocenters. The summed E-state index contributed by atoms with van der Waals surface area (Å²) in [7, 11) is -2.42. The molecule has 1 saturated heterocycles. The van der Waals surface area contributed by atoms with Gasteiger partial charge in [-0.2, -0.15) is 4.72 Å². The normalized spacial score (nSPS) is 16.6. The first-order chi connectivity index (χ1) is 14.2. The summed E-state index contributed by atoms with van der Waals surface area (Å²) in [6.45, 7) is 0.368. The molecule has 1 fully saturated rings. The van der Waals surface area contributed by atoms with E-state index in [1.165, 1.54) is 36.3 Å². The van der Waals surface area contributed by atoms with Crippen molar-refractivity contribution in [2.75, 3.05) is 33.4 Å². The quantitative estimate of drug-likeness (QED) is 0.143. The topological polar surface area (TPSA) is 178 Å². The number of carbonyl (C=O) groups excluding carboxylic acids is 2. The number of benzene rings is 1. The second kappa shape index (κ2) is 10.6. The molecule has 1 aliphatic rings. The van der Waals surface area contributed by atoms with Gasteiger partial charge in [0.15, 0.2) is 0 Å². The number of likely N-dealkylation sites (tertiary alicyclic amines) is 1. The van der Waals surface area contributed by atoms with E-state index in [2.05, 4.69) is 15.2 Å². The lowest BCUT2D eigenvalue weighted by molar-refractivity contribution is -0.139. The highest BCUT2D eigenvalue weighted by Crippen LogP contribution is 2.18. The minimum absolute atomic E-state index is 0.0201. The van der Waals surface area contributed by atoms with Crippen LogP contribution in [0.25, 0.3) is 0 Å². The molecule has 0 aromatic heterocycles. The molecule has 0 saturated carbocycles. The van der Waals surface area contributed by atoms with Gasteiger partial charge in [0.1, 0.15) is 18.4 Å². The molecule has 1 aliphatic heterocycles. The van der Waals surface area contributed by atoms with Gasteiger partial charge in [-0.15, -0.1) is 0 Å². The van der Waals surface area contributed by atoms with Crippen LogP contribution in [0.3, 0.4) is 0 Å². The lowest BCUT2D eigenvalue weighted by atomic mass is 10.1. The van der Waals surface area contributed by atoms with Crippen molar-refractivity contribution in [2.45, 2.75) is 23.8 Å². The molecule has 1 aromatic carbocycles. The number of guanidine groups is 1. The van der Waals surface area contributed by atoms with Crippen LogP contribution in [0, 0.1) is 0 Å². The Bertz CT molecular complexity index is 869. The fourth-order valence-electron chi connectivity index (χ4n) is 2.80. The van der Waals surface area contributed by atoms with Crippen LogP contribution in [0.5, 0.6) is 5.75 Å². The first kappa shape index (κ1) is 23.2. The van der Waals surface area contributed by atoms with E-state index in [4.69, 9.17) is 21.0 Å². The number of sulfonamides is 1. The first-order valence-corrected chi connectivity index (χ1v) is 10.6. The molecule has 0 aliphatic carbocycles. The zero-order valence-corrected chi connectivity index (χ0v) is 17.4. The van der Waals surface area contributed by atoms with Gasteiger partial charge in [0.2, 0.25) is 27.8 Å². The predicted octanol–water partition coefficient (Wildman–Crippen LogP) is -1.71. The van der Waals surface area contributed by atoms with Gasteiger partial charge in [-0.05, 0) is 42.3 Å². The molecule has 12 nitrogen and oxygen atoms in total. The molecule has 1 atom stereocenters. The van der Waals surface area contributed by atoms with Crippen molar-refractivity contribution in [3.05, 3.63) is 24.3 Å². The summed E-state index contributed by atoms with van der Waals surface area (Å²) < 4.78 is 32.6. The Morgan fingerprint density at radius 1 is 1.30 bits per heavy atom. The van der Waals surface area contributed by atoms with Crippen molar-refractivity contribution in [3.8, 4) is 5.75 Å². The summed E-state index contributed by atoms with van der Waals surface area (Å²) in [5, 5.41) is 5.88. The second-order valence-corrected chi connectivity index (χ2v) is 8.16. The van der Waals surface area contributed by atoms with Crippen LogP contribution in [0.2, 0.25) is 0 Å². The Morgan fingerprint density at radius 3 is 2.63 bits per heavy atom. The monoisotopic (exact) mass is 442 g/mol. The van der Waals surface area contributed by atoms with E-state index >= 15 is 0 Å². The molecule has 13 heteroatoms. The van der Waals surface area contributed by atoms with Crippen LogP contribution in [-0.4, -0.2) is 70.5 Å². The number of nitrogens with zero attached hydrogens (tertiary/aromatic N) is 2. The fraction of sp³-hybridized carbons (Fsp3) is 0.471. The van der Waals surface area contributed by atoms with E-state index < -0.39 is 27.9 Å². The molecule has 30 heavy (non-hydrogen) atoms. The molecule has 6 N–H and O–H groups in total. The largest absolute Gasteiger partial charge is 0.497 e. The van der Waals surface area contributed by atoms with E-state index in [0.29, 0.717) is 25.1 Å². The number of nitrogens with two attached hydrogens (primary N) is 2. The highest BCUT2D eigenvalue weighted by molar-refractivity contribution is 7.89. The van der Waals surface area contributed by atoms with Gasteiger partial charge in [-0.1, -0.05) is 0 Å². The van der Waals surface area contributed by atoms with Gasteiger partial charge >= 0.3 is 0 Å². The summed E-state index contributed by atoms with van der Waals surface area (Å²) in [5.74, 6) is -0.576. The van der Waals surface area contributed by atoms with Crippen molar-refractivity contribution in [1.82, 2.24) is 14.9 Å². The van der Waals surface area contributed by atoms with E-state index in [0.717, 1.165) is 0 Å². The van der Waals surface area contributed by atoms with Gasteiger partial charge in [0, 0.05) is 6.54 Å². The van der Waals surface area contributed by atoms with Crippen LogP contribution >= 0.6 is 0 Å². The van der Waals surface area contributed by atoms with Crippen molar-refractivity contribution in [2.24, 2.45) is 16.6 Å². The van der Waals surface area contributed by atoms with Gasteiger partial charge in [-0.3, -0.25) is 9.59 Å². The minimum atomic E-state index is -3.90. The number of carbonyl (C=O) groups is 2. The van der Waals surface area contributed by atoms with Crippen LogP contribution in [-0.2, 0) is 24.4 Å². The maximum absolute atomic E-state index is 12.7. The van der Waals surface area contributed by atoms with Crippen LogP contribution in [0.1, 0.15) is 12.8 Å². The molecule has 1 heterocycles. The Morgan fingerprint density at radius 2 is 2.00 bits per heavy atom. The van der Waals surface area contributed by atoms with E-state index in [9.17, 15) is 18.0 Å². The number of hydrogen-bond donors (Lipinski definition) is 4. The Balaban J connectivity index is 1.89. The summed E-state index contributed by atoms with van der Waals surface area (Å²) in [6.07, 6.45) is 0.904. The Hall–Kier alpha value is -3.06. The first-order valence-electron chi connectivity index (χ1n) is 9.15. The highest BCUT2D eigenvalue weighted by atomic mass is 32.2. The standard InChI is InChI=1S/C17H26N6O6S/c1-28-12-4-6-13(7-5-12)30(26,27)22-14-3-2-9-23(16(14)25)11-15(24)20-8-10-29-21-17(18)19/h4-7,14,22H,2-3,8-11H2,1H3,(H,20,24)(H4,18,19,21)/t14-/m0/s1. The smallest absolute Gasteiger partial charge is 0.241 e. The number of ether oxygens (including phenoxy) is 1. The number of oxime groups is 1. The average molecular weight is 442 g/mol. The zero-order chi connectivity index (χ0) is 22.1. The number of piperidine rings is 1. The van der Waals surface area contributed by atoms with E-state index in [-0.39, 0.29) is 30.6 Å². The predicted molar refractivity (Wildman–Crippen MR) is 108 cm³/mol. The highest BCUT2D eigenvalue weighted by Gasteiger charge is 2.33. The summed E-state index contributed by atoms with van der Waals surface area (Å²) in [5.41, 5.74) is 10.2. The van der Waals surface area contributed by atoms with Crippen molar-refractivity contribution in [1.29, 1.82) is 0 Å². The summed E-state index contributed by atoms with van der Waals surface area (Å²) in [4.78, 5) is 30.8. The molecule has 2 amide bonds. The average Bonchev–Trinajstić information content (AvgIpc) is 2.70. The van der Waals surface area contributed by atoms with E-state index in [1.54, 1.807) is 0 Å². The number of rotatable bonds is 10. The third kappa shape index (κ3) is 6.77. The third-order valence-corrected chi connectivity index (χ3v) is 5.71. The number of nitrogens with one attached hydrogen (secondary N) is 2. The van der Waals surface area contributed by atoms with Crippen molar-refractivity contribution < 1.29 is 27.6 Å². The molecule has 0 bridgehead atoms. The van der Waals surface area contributed by atoms with E-state index in [1.807, 2.05) is 0 Å². The van der Waals surface area contributed by atoms with Crippen LogP contribution in [0.4, 0.5) is 0 Å². The summed E-state index contributed by atoms with van der Waals surface area (Å²) in [6, 6.07) is 4.88. The zero-order valence-electron chi connectivity index (χ0n) is 16.5. The lowest BCUT2D eigenvalue weighted by Gasteiger charge is -2.32. The SMILES string of the molecule is COc1ccc(S(=O)(=O)N[C@H]2CCCN(CC(=O)NCCON=C(N)N)C2=O)cc1. The number of methoxy groups -OCH3 is 1. The Labute approximate surface area is 174 Å². The second-order valence-electron chi connectivity index (χ2n) is 6.45. The lowest BCUT2D eigenvalue weighted by Crippen LogP contribution is -2.54. The maximum Gasteiger partial charge on any atom is 0.241 e. The molecule has 166 valence electrons. The number of amides is 2. The molecule has 2 rings (SSSR count). The molecule has 1 aromatic rings. The van der Waals surface area contributed by atoms with Gasteiger partial charge in [-0.25, -0.2) is 8.42 Å². The minimum Gasteiger partial charge on any atom is -0.497 e. The Kier molecular flexibility index (Phi) is 8.24. The van der Waals surface area contributed by atoms with Crippen molar-refractivity contribution >= 4 is 27.8 Å². The van der Waals surface area contributed by atoms with Crippen molar-refractivity contribution in [3.63, 3.8) is 0 Å². The van der Waals surface area contributed by atoms with Gasteiger partial charge in [0.05, 0.1) is 25.1 Å². The third-order valence-electron chi connectivity index (χ3n) is 4.22. The van der Waals surface area contributed by atoms with Crippen LogP contribution in [0.15, 0.2) is 34.3 Å². The molecule has 0 spiro atoms. The maximum atomic E-state index is 12.7. The number of hydrogen-bond acceptors (Lipinski definition) is 7. The fourth-order valence-corrected chi connectivity index (χ4v) is 4.03. The molecular formula is C17H26N6O6S. The molecule has 0 radical (unpaired) electrons. The summed E-state index contributed by atoms with van der Waals surface area (Å²) >= 11 is 0. The van der Waals surface area contributed by atoms with Gasteiger partial charge in [0.25, 0.3) is 0 Å². The molecular weight excluding hydrogens is 416 g/mol.